The van der Waals surface area contributed by atoms with Gasteiger partial charge in [-0.25, -0.2) is 10.0 Å². The van der Waals surface area contributed by atoms with Crippen LogP contribution in [0, 0.1) is 0 Å². The third-order valence-corrected chi connectivity index (χ3v) is 10.1. The number of hydrogen-bond acceptors (Lipinski definition) is 6. The monoisotopic (exact) mass is 626 g/mol. The number of rotatable bonds is 14. The summed E-state index contributed by atoms with van der Waals surface area (Å²) in [5.74, 6) is 0.924. The SMILES string of the molecule is C=Cc1ccc(COc2ccc(OCc3ccc(C=C)cc3)c3c2SC(=C2C(=O)N(CCCC)N(CCCC)C2=O)S3)cc1. The normalized spacial score (nSPS) is 14.3. The van der Waals surface area contributed by atoms with Gasteiger partial charge in [-0.05, 0) is 47.2 Å². The number of unbranched alkanes of at least 4 members (excludes halogenated alkanes) is 2. The van der Waals surface area contributed by atoms with E-state index in [1.807, 2.05) is 72.8 Å². The molecule has 0 saturated carbocycles. The summed E-state index contributed by atoms with van der Waals surface area (Å²) in [6, 6.07) is 19.9. The van der Waals surface area contributed by atoms with Crippen molar-refractivity contribution in [3.8, 4) is 11.5 Å². The van der Waals surface area contributed by atoms with Gasteiger partial charge in [0.1, 0.15) is 30.3 Å². The van der Waals surface area contributed by atoms with Crippen molar-refractivity contribution >= 4 is 47.5 Å². The highest BCUT2D eigenvalue weighted by molar-refractivity contribution is 8.25. The van der Waals surface area contributed by atoms with Crippen molar-refractivity contribution in [2.45, 2.75) is 62.5 Å². The van der Waals surface area contributed by atoms with Crippen LogP contribution in [0.25, 0.3) is 12.2 Å². The van der Waals surface area contributed by atoms with Crippen molar-refractivity contribution in [3.05, 3.63) is 106 Å². The van der Waals surface area contributed by atoms with E-state index in [4.69, 9.17) is 9.47 Å². The Morgan fingerprint density at radius 3 is 1.43 bits per heavy atom. The molecule has 0 radical (unpaired) electrons. The average molecular weight is 627 g/mol. The molecule has 3 aromatic rings. The summed E-state index contributed by atoms with van der Waals surface area (Å²) in [6.07, 6.45) is 7.17. The van der Waals surface area contributed by atoms with Gasteiger partial charge in [0, 0.05) is 13.1 Å². The van der Waals surface area contributed by atoms with Crippen LogP contribution in [0.4, 0.5) is 0 Å². The number of thioether (sulfide) groups is 2. The Morgan fingerprint density at radius 1 is 0.659 bits per heavy atom. The Hall–Kier alpha value is -3.88. The lowest BCUT2D eigenvalue weighted by molar-refractivity contribution is -0.147. The molecule has 2 amide bonds. The van der Waals surface area contributed by atoms with Crippen LogP contribution >= 0.6 is 23.5 Å². The lowest BCUT2D eigenvalue weighted by Gasteiger charge is -2.27. The van der Waals surface area contributed by atoms with E-state index < -0.39 is 0 Å². The first-order chi connectivity index (χ1) is 21.5. The van der Waals surface area contributed by atoms with Gasteiger partial charge in [0.05, 0.1) is 14.0 Å². The average Bonchev–Trinajstić information content (AvgIpc) is 3.59. The van der Waals surface area contributed by atoms with Crippen LogP contribution in [-0.4, -0.2) is 34.9 Å². The van der Waals surface area contributed by atoms with Gasteiger partial charge in [-0.1, -0.05) is 124 Å². The lowest BCUT2D eigenvalue weighted by atomic mass is 10.1. The molecule has 0 aromatic heterocycles. The van der Waals surface area contributed by atoms with Crippen molar-refractivity contribution in [2.24, 2.45) is 0 Å². The largest absolute Gasteiger partial charge is 0.488 e. The molecule has 0 atom stereocenters. The minimum Gasteiger partial charge on any atom is -0.488 e. The van der Waals surface area contributed by atoms with Gasteiger partial charge < -0.3 is 9.47 Å². The minimum atomic E-state index is -0.225. The number of amides is 2. The number of ether oxygens (including phenoxy) is 2. The second-order valence-electron chi connectivity index (χ2n) is 10.6. The number of hydrogen-bond donors (Lipinski definition) is 0. The fourth-order valence-electron chi connectivity index (χ4n) is 4.88. The molecule has 0 bridgehead atoms. The zero-order chi connectivity index (χ0) is 31.1. The van der Waals surface area contributed by atoms with Gasteiger partial charge in [0.2, 0.25) is 0 Å². The maximum Gasteiger partial charge on any atom is 0.279 e. The first-order valence-corrected chi connectivity index (χ1v) is 16.7. The maximum atomic E-state index is 13.7. The van der Waals surface area contributed by atoms with Crippen molar-refractivity contribution in [1.29, 1.82) is 0 Å². The molecule has 1 fully saturated rings. The Kier molecular flexibility index (Phi) is 10.6. The third kappa shape index (κ3) is 6.92. The van der Waals surface area contributed by atoms with E-state index in [-0.39, 0.29) is 17.4 Å². The van der Waals surface area contributed by atoms with Crippen LogP contribution in [0.1, 0.15) is 61.8 Å². The predicted octanol–water partition coefficient (Wildman–Crippen LogP) is 8.73. The molecular weight excluding hydrogens is 589 g/mol. The molecule has 0 unspecified atom stereocenters. The molecule has 5 rings (SSSR count). The number of fused-ring (bicyclic) bond motifs is 1. The molecule has 8 heteroatoms. The smallest absolute Gasteiger partial charge is 0.279 e. The lowest BCUT2D eigenvalue weighted by Crippen LogP contribution is -2.42. The van der Waals surface area contributed by atoms with E-state index in [0.29, 0.717) is 42.0 Å². The molecule has 228 valence electrons. The van der Waals surface area contributed by atoms with E-state index in [0.717, 1.165) is 57.7 Å². The number of carbonyl (C=O) groups excluding carboxylic acids is 2. The molecule has 44 heavy (non-hydrogen) atoms. The quantitative estimate of drug-likeness (QED) is 0.132. The summed E-state index contributed by atoms with van der Waals surface area (Å²) < 4.78 is 13.3. The van der Waals surface area contributed by atoms with Crippen LogP contribution in [0.15, 0.2) is 93.4 Å². The van der Waals surface area contributed by atoms with Gasteiger partial charge >= 0.3 is 0 Å². The van der Waals surface area contributed by atoms with E-state index in [2.05, 4.69) is 27.0 Å². The molecule has 6 nitrogen and oxygen atoms in total. The first-order valence-electron chi connectivity index (χ1n) is 15.1. The maximum absolute atomic E-state index is 13.7. The summed E-state index contributed by atoms with van der Waals surface area (Å²) in [6.45, 7) is 13.6. The van der Waals surface area contributed by atoms with Crippen LogP contribution in [0.2, 0.25) is 0 Å². The zero-order valence-corrected chi connectivity index (χ0v) is 27.0. The van der Waals surface area contributed by atoms with Crippen LogP contribution in [0.3, 0.4) is 0 Å². The third-order valence-electron chi connectivity index (χ3n) is 7.49. The minimum absolute atomic E-state index is 0.225. The summed E-state index contributed by atoms with van der Waals surface area (Å²) in [4.78, 5) is 29.2. The molecule has 1 saturated heterocycles. The number of nitrogens with zero attached hydrogens (tertiary/aromatic N) is 2. The van der Waals surface area contributed by atoms with E-state index in [1.165, 1.54) is 23.5 Å². The number of benzene rings is 3. The van der Waals surface area contributed by atoms with Crippen molar-refractivity contribution in [3.63, 3.8) is 0 Å². The predicted molar refractivity (Wildman–Crippen MR) is 180 cm³/mol. The van der Waals surface area contributed by atoms with Gasteiger partial charge in [-0.3, -0.25) is 9.59 Å². The van der Waals surface area contributed by atoms with Crippen molar-refractivity contribution in [1.82, 2.24) is 10.0 Å². The Labute approximate surface area is 268 Å². The summed E-state index contributed by atoms with van der Waals surface area (Å²) in [7, 11) is 0. The van der Waals surface area contributed by atoms with Gasteiger partial charge in [-0.15, -0.1) is 0 Å². The van der Waals surface area contributed by atoms with Gasteiger partial charge in [0.25, 0.3) is 11.8 Å². The number of hydrazine groups is 1. The Bertz CT molecular complexity index is 1450. The van der Waals surface area contributed by atoms with Crippen LogP contribution < -0.4 is 9.47 Å². The van der Waals surface area contributed by atoms with Gasteiger partial charge in [-0.2, -0.15) is 0 Å². The fourth-order valence-corrected chi connectivity index (χ4v) is 7.56. The summed E-state index contributed by atoms with van der Waals surface area (Å²) in [5, 5.41) is 3.28. The highest BCUT2D eigenvalue weighted by atomic mass is 32.2. The van der Waals surface area contributed by atoms with Crippen LogP contribution in [-0.2, 0) is 22.8 Å². The standard InChI is InChI=1S/C36H38N2O4S2/c1-5-9-21-37-34(39)31(35(40)38(37)22-10-6-2)36-43-32-29(41-23-27-15-11-25(7-3)12-16-27)19-20-30(33(32)44-36)42-24-28-17-13-26(8-4)14-18-28/h7-8,11-20H,3-6,9-10,21-24H2,1-2H3. The topological polar surface area (TPSA) is 59.1 Å². The number of carbonyl (C=O) groups is 2. The molecule has 0 spiro atoms. The second-order valence-corrected chi connectivity index (χ2v) is 12.9. The molecule has 2 aliphatic heterocycles. The zero-order valence-electron chi connectivity index (χ0n) is 25.3. The van der Waals surface area contributed by atoms with E-state index >= 15 is 0 Å². The molecular formula is C36H38N2O4S2. The first kappa shape index (κ1) is 31.5. The van der Waals surface area contributed by atoms with E-state index in [1.54, 1.807) is 10.0 Å². The molecule has 0 aliphatic carbocycles. The van der Waals surface area contributed by atoms with Crippen molar-refractivity contribution in [2.75, 3.05) is 13.1 Å². The summed E-state index contributed by atoms with van der Waals surface area (Å²) >= 11 is 2.84. The molecule has 3 aromatic carbocycles. The Morgan fingerprint density at radius 2 is 1.07 bits per heavy atom. The molecule has 2 aliphatic rings. The van der Waals surface area contributed by atoms with Crippen molar-refractivity contribution < 1.29 is 19.1 Å². The van der Waals surface area contributed by atoms with Gasteiger partial charge in [0.15, 0.2) is 0 Å². The summed E-state index contributed by atoms with van der Waals surface area (Å²) in [5.41, 5.74) is 4.39. The fraction of sp³-hybridized carbons (Fsp3) is 0.278. The highest BCUT2D eigenvalue weighted by Gasteiger charge is 2.44. The molecule has 0 N–H and O–H groups in total. The van der Waals surface area contributed by atoms with Crippen LogP contribution in [0.5, 0.6) is 11.5 Å². The molecule has 2 heterocycles. The Balaban J connectivity index is 1.45. The highest BCUT2D eigenvalue weighted by Crippen LogP contribution is 2.59. The second kappa shape index (κ2) is 14.7. The van der Waals surface area contributed by atoms with E-state index in [9.17, 15) is 9.59 Å².